The number of Topliss-reactive ketones (excluding diaryl/α,β-unsaturated/α-hetero) is 1. The topological polar surface area (TPSA) is 90.9 Å². The Morgan fingerprint density at radius 2 is 1.64 bits per heavy atom. The van der Waals surface area contributed by atoms with E-state index in [4.69, 9.17) is 0 Å². The molecule has 0 saturated heterocycles. The summed E-state index contributed by atoms with van der Waals surface area (Å²) in [6.07, 6.45) is 3.45. The third kappa shape index (κ3) is 4.34. The highest BCUT2D eigenvalue weighted by atomic mass is 32.2. The molecule has 0 saturated carbocycles. The number of nitriles is 1. The number of thioether (sulfide) groups is 1. The van der Waals surface area contributed by atoms with Crippen molar-refractivity contribution < 1.29 is 4.79 Å². The van der Waals surface area contributed by atoms with Gasteiger partial charge in [-0.05, 0) is 29.8 Å². The van der Waals surface area contributed by atoms with Gasteiger partial charge < -0.3 is 9.80 Å². The van der Waals surface area contributed by atoms with Crippen LogP contribution >= 0.6 is 11.8 Å². The second-order valence-corrected chi connectivity index (χ2v) is 9.19. The molecular formula is C27H23N7OS. The van der Waals surface area contributed by atoms with E-state index in [1.54, 1.807) is 12.4 Å². The zero-order chi connectivity index (χ0) is 25.1. The minimum atomic E-state index is -0.263. The van der Waals surface area contributed by atoms with Gasteiger partial charge in [0, 0.05) is 32.1 Å². The van der Waals surface area contributed by atoms with Gasteiger partial charge in [-0.25, -0.2) is 0 Å². The first-order valence-electron chi connectivity index (χ1n) is 11.3. The van der Waals surface area contributed by atoms with Crippen molar-refractivity contribution in [3.63, 3.8) is 0 Å². The number of carbonyl (C=O) groups excluding carboxylic acids is 1. The first-order valence-corrected chi connectivity index (χ1v) is 12.3. The number of nitrogens with zero attached hydrogens (tertiary/aromatic N) is 7. The minimum Gasteiger partial charge on any atom is -0.328 e. The van der Waals surface area contributed by atoms with E-state index < -0.39 is 0 Å². The van der Waals surface area contributed by atoms with Crippen LogP contribution in [0.15, 0.2) is 95.7 Å². The number of fused-ring (bicyclic) bond motifs is 1. The maximum atomic E-state index is 13.3. The Morgan fingerprint density at radius 3 is 2.28 bits per heavy atom. The Bertz CT molecular complexity index is 1440. The van der Waals surface area contributed by atoms with E-state index in [2.05, 4.69) is 21.3 Å². The fraction of sp³-hybridized carbons (Fsp3) is 0.148. The van der Waals surface area contributed by atoms with Gasteiger partial charge in [-0.15, -0.1) is 10.2 Å². The first kappa shape index (κ1) is 23.3. The van der Waals surface area contributed by atoms with Gasteiger partial charge in [0.15, 0.2) is 16.8 Å². The van der Waals surface area contributed by atoms with Crippen molar-refractivity contribution in [1.82, 2.24) is 19.7 Å². The molecule has 2 aromatic heterocycles. The van der Waals surface area contributed by atoms with Crippen molar-refractivity contribution >= 4 is 28.9 Å². The van der Waals surface area contributed by atoms with Crippen molar-refractivity contribution in [2.75, 3.05) is 29.6 Å². The van der Waals surface area contributed by atoms with Gasteiger partial charge in [-0.2, -0.15) is 5.26 Å². The summed E-state index contributed by atoms with van der Waals surface area (Å²) >= 11 is 1.28. The summed E-state index contributed by atoms with van der Waals surface area (Å²) in [6, 6.07) is 23.8. The third-order valence-corrected chi connectivity index (χ3v) is 6.97. The summed E-state index contributed by atoms with van der Waals surface area (Å²) in [6.45, 7) is 0.543. The zero-order valence-electron chi connectivity index (χ0n) is 19.9. The predicted molar refractivity (Wildman–Crippen MR) is 140 cm³/mol. The molecule has 0 aliphatic carbocycles. The first-order chi connectivity index (χ1) is 17.6. The number of para-hydroxylation sites is 2. The third-order valence-electron chi connectivity index (χ3n) is 6.01. The van der Waals surface area contributed by atoms with Gasteiger partial charge in [-0.1, -0.05) is 54.2 Å². The number of ketones is 1. The van der Waals surface area contributed by atoms with Crippen LogP contribution in [0.2, 0.25) is 0 Å². The fourth-order valence-electron chi connectivity index (χ4n) is 4.27. The Labute approximate surface area is 213 Å². The molecular weight excluding hydrogens is 470 g/mol. The highest BCUT2D eigenvalue weighted by Gasteiger charge is 2.31. The summed E-state index contributed by atoms with van der Waals surface area (Å²) in [5.74, 6) is 1.04. The molecule has 4 aromatic rings. The molecule has 0 fully saturated rings. The van der Waals surface area contributed by atoms with Crippen molar-refractivity contribution in [1.29, 1.82) is 5.26 Å². The van der Waals surface area contributed by atoms with Gasteiger partial charge in [-0.3, -0.25) is 14.3 Å². The van der Waals surface area contributed by atoms with Gasteiger partial charge >= 0.3 is 0 Å². The Balaban J connectivity index is 1.43. The standard InChI is InChI=1S/C27H23N7OS/c1-32-22-12-6-7-13-23(22)33(2)26(32)21(15-28)24(35)18-36-27-31-30-25(20-11-8-14-29-16-20)34(27)17-19-9-4-3-5-10-19/h3-14,16H,17-18H2,1-2H3. The molecule has 0 N–H and O–H groups in total. The number of rotatable bonds is 7. The summed E-state index contributed by atoms with van der Waals surface area (Å²) in [4.78, 5) is 21.3. The number of hydrogen-bond donors (Lipinski definition) is 0. The highest BCUT2D eigenvalue weighted by Crippen LogP contribution is 2.40. The molecule has 0 amide bonds. The maximum absolute atomic E-state index is 13.3. The van der Waals surface area contributed by atoms with Crippen LogP contribution in [0, 0.1) is 11.3 Å². The second-order valence-electron chi connectivity index (χ2n) is 8.25. The zero-order valence-corrected chi connectivity index (χ0v) is 20.7. The lowest BCUT2D eigenvalue weighted by atomic mass is 10.2. The normalized spacial score (nSPS) is 12.4. The van der Waals surface area contributed by atoms with Crippen LogP contribution < -0.4 is 9.80 Å². The van der Waals surface area contributed by atoms with Gasteiger partial charge in [0.1, 0.15) is 17.5 Å². The number of pyridine rings is 1. The van der Waals surface area contributed by atoms with E-state index in [9.17, 15) is 10.1 Å². The van der Waals surface area contributed by atoms with Crippen LogP contribution in [-0.2, 0) is 11.3 Å². The van der Waals surface area contributed by atoms with Crippen molar-refractivity contribution in [3.8, 4) is 17.5 Å². The quantitative estimate of drug-likeness (QED) is 0.213. The Hall–Kier alpha value is -4.42. The largest absolute Gasteiger partial charge is 0.328 e. The molecule has 1 aliphatic rings. The number of carbonyl (C=O) groups is 1. The smallest absolute Gasteiger partial charge is 0.192 e. The molecule has 0 unspecified atom stereocenters. The van der Waals surface area contributed by atoms with Crippen LogP contribution in [0.3, 0.4) is 0 Å². The van der Waals surface area contributed by atoms with E-state index in [1.807, 2.05) is 95.2 Å². The molecule has 9 heteroatoms. The molecule has 5 rings (SSSR count). The van der Waals surface area contributed by atoms with Crippen LogP contribution in [-0.4, -0.2) is 45.4 Å². The van der Waals surface area contributed by atoms with Crippen LogP contribution in [0.5, 0.6) is 0 Å². The molecule has 3 heterocycles. The van der Waals surface area contributed by atoms with E-state index in [-0.39, 0.29) is 17.1 Å². The monoisotopic (exact) mass is 493 g/mol. The average molecular weight is 494 g/mol. The maximum Gasteiger partial charge on any atom is 0.192 e. The van der Waals surface area contributed by atoms with E-state index >= 15 is 0 Å². The molecule has 36 heavy (non-hydrogen) atoms. The highest BCUT2D eigenvalue weighted by molar-refractivity contribution is 7.99. The summed E-state index contributed by atoms with van der Waals surface area (Å²) in [5.41, 5.74) is 3.94. The van der Waals surface area contributed by atoms with Crippen LogP contribution in [0.25, 0.3) is 11.4 Å². The molecule has 178 valence electrons. The summed E-state index contributed by atoms with van der Waals surface area (Å²) < 4.78 is 1.98. The second kappa shape index (κ2) is 10.1. The van der Waals surface area contributed by atoms with Gasteiger partial charge in [0.2, 0.25) is 0 Å². The van der Waals surface area contributed by atoms with Gasteiger partial charge in [0.25, 0.3) is 0 Å². The van der Waals surface area contributed by atoms with Crippen LogP contribution in [0.1, 0.15) is 5.56 Å². The van der Waals surface area contributed by atoms with Crippen molar-refractivity contribution in [3.05, 3.63) is 96.1 Å². The van der Waals surface area contributed by atoms with Crippen molar-refractivity contribution in [2.24, 2.45) is 0 Å². The molecule has 2 aromatic carbocycles. The number of hydrogen-bond acceptors (Lipinski definition) is 8. The number of benzene rings is 2. The average Bonchev–Trinajstić information content (AvgIpc) is 3.43. The summed E-state index contributed by atoms with van der Waals surface area (Å²) in [7, 11) is 3.73. The van der Waals surface area contributed by atoms with E-state index in [1.165, 1.54) is 11.8 Å². The van der Waals surface area contributed by atoms with E-state index in [0.717, 1.165) is 22.5 Å². The molecule has 0 radical (unpaired) electrons. The molecule has 0 bridgehead atoms. The lowest BCUT2D eigenvalue weighted by Gasteiger charge is -2.19. The SMILES string of the molecule is CN1C(=C(C#N)C(=O)CSc2nnc(-c3cccnc3)n2Cc2ccccc2)N(C)c2ccccc21. The predicted octanol–water partition coefficient (Wildman–Crippen LogP) is 4.37. The lowest BCUT2D eigenvalue weighted by Crippen LogP contribution is -2.26. The van der Waals surface area contributed by atoms with Gasteiger partial charge in [0.05, 0.1) is 23.7 Å². The Morgan fingerprint density at radius 1 is 0.944 bits per heavy atom. The number of aromatic nitrogens is 4. The minimum absolute atomic E-state index is 0.0599. The van der Waals surface area contributed by atoms with Crippen molar-refractivity contribution in [2.45, 2.75) is 11.7 Å². The Kier molecular flexibility index (Phi) is 6.52. The summed E-state index contributed by atoms with van der Waals surface area (Å²) in [5, 5.41) is 19.3. The molecule has 1 aliphatic heterocycles. The number of allylic oxidation sites excluding steroid dienone is 1. The fourth-order valence-corrected chi connectivity index (χ4v) is 5.08. The van der Waals surface area contributed by atoms with Crippen LogP contribution in [0.4, 0.5) is 11.4 Å². The molecule has 0 spiro atoms. The molecule has 0 atom stereocenters. The van der Waals surface area contributed by atoms with E-state index in [0.29, 0.717) is 23.3 Å². The lowest BCUT2D eigenvalue weighted by molar-refractivity contribution is -0.112. The molecule has 8 nitrogen and oxygen atoms in total. The number of anilines is 2.